The normalized spacial score (nSPS) is 28.2. The molecule has 2 aliphatic heterocycles. The van der Waals surface area contributed by atoms with Crippen LogP contribution in [0.15, 0.2) is 30.4 Å². The number of rotatable bonds is 3. The lowest BCUT2D eigenvalue weighted by atomic mass is 9.83. The van der Waals surface area contributed by atoms with Crippen LogP contribution in [-0.4, -0.2) is 24.5 Å². The Labute approximate surface area is 134 Å². The van der Waals surface area contributed by atoms with E-state index in [1.165, 1.54) is 0 Å². The monoisotopic (exact) mass is 343 g/mol. The number of imide groups is 1. The van der Waals surface area contributed by atoms with Gasteiger partial charge in [-0.25, -0.2) is 4.39 Å². The van der Waals surface area contributed by atoms with E-state index in [1.807, 2.05) is 6.08 Å². The molecule has 4 nitrogen and oxygen atoms in total. The van der Waals surface area contributed by atoms with Crippen LogP contribution in [0.2, 0.25) is 0 Å². The van der Waals surface area contributed by atoms with Crippen LogP contribution in [0.25, 0.3) is 0 Å². The first-order valence-electron chi connectivity index (χ1n) is 7.23. The lowest BCUT2D eigenvalue weighted by molar-refractivity contribution is -0.140. The number of carbonyl (C=O) groups excluding carboxylic acids is 2. The fourth-order valence-electron chi connectivity index (χ4n) is 3.14. The maximum absolute atomic E-state index is 13.4. The van der Waals surface area contributed by atoms with E-state index in [-0.39, 0.29) is 24.1 Å². The Morgan fingerprint density at radius 2 is 1.92 bits per heavy atom. The summed E-state index contributed by atoms with van der Waals surface area (Å²) < 4.78 is 57.4. The molecule has 2 unspecified atom stereocenters. The van der Waals surface area contributed by atoms with E-state index in [0.29, 0.717) is 17.0 Å². The second kappa shape index (κ2) is 5.70. The number of alkyl halides is 3. The summed E-state index contributed by atoms with van der Waals surface area (Å²) in [5.41, 5.74) is -1.86. The van der Waals surface area contributed by atoms with Gasteiger partial charge in [0.2, 0.25) is 12.3 Å². The number of benzene rings is 1. The average Bonchev–Trinajstić information content (AvgIpc) is 3.09. The molecule has 0 spiro atoms. The van der Waals surface area contributed by atoms with Gasteiger partial charge in [0.15, 0.2) is 0 Å². The number of carbonyl (C=O) groups is 2. The SMILES string of the molecule is C[C@@H]1C2C=CC(O2)[C@@H]1C(=O)N(C=O)c1ccc(F)c(C(F)(F)F)c1. The minimum atomic E-state index is -4.93. The number of ether oxygens (including phenoxy) is 1. The van der Waals surface area contributed by atoms with Crippen molar-refractivity contribution in [2.75, 3.05) is 4.90 Å². The number of amides is 2. The smallest absolute Gasteiger partial charge is 0.366 e. The average molecular weight is 343 g/mol. The molecule has 2 amide bonds. The number of anilines is 1. The first-order valence-corrected chi connectivity index (χ1v) is 7.23. The lowest BCUT2D eigenvalue weighted by Crippen LogP contribution is -2.41. The molecule has 128 valence electrons. The molecule has 0 radical (unpaired) electrons. The molecule has 2 heterocycles. The summed E-state index contributed by atoms with van der Waals surface area (Å²) in [5.74, 6) is -3.03. The van der Waals surface area contributed by atoms with Crippen LogP contribution in [0, 0.1) is 17.7 Å². The van der Waals surface area contributed by atoms with Crippen LogP contribution in [0.1, 0.15) is 12.5 Å². The van der Waals surface area contributed by atoms with Gasteiger partial charge in [-0.05, 0) is 18.2 Å². The third kappa shape index (κ3) is 2.60. The van der Waals surface area contributed by atoms with Gasteiger partial charge in [-0.2, -0.15) is 13.2 Å². The van der Waals surface area contributed by atoms with E-state index in [1.54, 1.807) is 13.0 Å². The lowest BCUT2D eigenvalue weighted by Gasteiger charge is -2.26. The molecule has 0 saturated carbocycles. The van der Waals surface area contributed by atoms with Crippen molar-refractivity contribution in [2.24, 2.45) is 11.8 Å². The van der Waals surface area contributed by atoms with Gasteiger partial charge in [-0.15, -0.1) is 0 Å². The van der Waals surface area contributed by atoms with Crippen molar-refractivity contribution in [3.05, 3.63) is 41.7 Å². The topological polar surface area (TPSA) is 46.6 Å². The van der Waals surface area contributed by atoms with Gasteiger partial charge in [0.25, 0.3) is 0 Å². The number of fused-ring (bicyclic) bond motifs is 2. The summed E-state index contributed by atoms with van der Waals surface area (Å²) >= 11 is 0. The number of hydrogen-bond acceptors (Lipinski definition) is 3. The number of halogens is 4. The number of hydrogen-bond donors (Lipinski definition) is 0. The zero-order chi connectivity index (χ0) is 17.6. The molecule has 4 atom stereocenters. The highest BCUT2D eigenvalue weighted by molar-refractivity contribution is 6.08. The molecule has 1 aromatic carbocycles. The van der Waals surface area contributed by atoms with Gasteiger partial charge in [-0.1, -0.05) is 19.1 Å². The number of nitrogens with zero attached hydrogens (tertiary/aromatic N) is 1. The molecule has 24 heavy (non-hydrogen) atoms. The molecule has 3 rings (SSSR count). The fraction of sp³-hybridized carbons (Fsp3) is 0.375. The van der Waals surface area contributed by atoms with Crippen molar-refractivity contribution in [3.8, 4) is 0 Å². The van der Waals surface area contributed by atoms with E-state index in [9.17, 15) is 27.2 Å². The van der Waals surface area contributed by atoms with Crippen LogP contribution in [0.4, 0.5) is 23.2 Å². The van der Waals surface area contributed by atoms with Crippen LogP contribution < -0.4 is 4.90 Å². The third-order valence-corrected chi connectivity index (χ3v) is 4.40. The van der Waals surface area contributed by atoms with E-state index in [4.69, 9.17) is 4.74 Å². The van der Waals surface area contributed by atoms with E-state index < -0.39 is 35.5 Å². The summed E-state index contributed by atoms with van der Waals surface area (Å²) in [5, 5.41) is 0. The van der Waals surface area contributed by atoms with Gasteiger partial charge in [0, 0.05) is 5.92 Å². The summed E-state index contributed by atoms with van der Waals surface area (Å²) in [7, 11) is 0. The molecule has 1 saturated heterocycles. The Hall–Kier alpha value is -2.22. The Morgan fingerprint density at radius 1 is 1.25 bits per heavy atom. The van der Waals surface area contributed by atoms with E-state index in [0.717, 1.165) is 6.07 Å². The molecule has 1 fully saturated rings. The van der Waals surface area contributed by atoms with E-state index >= 15 is 0 Å². The Kier molecular flexibility index (Phi) is 3.95. The van der Waals surface area contributed by atoms with Crippen molar-refractivity contribution in [3.63, 3.8) is 0 Å². The largest absolute Gasteiger partial charge is 0.419 e. The van der Waals surface area contributed by atoms with Gasteiger partial charge >= 0.3 is 6.18 Å². The molecule has 0 N–H and O–H groups in total. The molecule has 2 bridgehead atoms. The van der Waals surface area contributed by atoms with Crippen molar-refractivity contribution >= 4 is 18.0 Å². The van der Waals surface area contributed by atoms with Gasteiger partial charge in [0.1, 0.15) is 5.82 Å². The minimum Gasteiger partial charge on any atom is -0.366 e. The zero-order valence-electron chi connectivity index (χ0n) is 12.5. The van der Waals surface area contributed by atoms with Gasteiger partial charge in [-0.3, -0.25) is 14.5 Å². The molecule has 1 aromatic rings. The summed E-state index contributed by atoms with van der Waals surface area (Å²) in [6.45, 7) is 1.77. The standard InChI is InChI=1S/C16H13F4NO3/c1-8-12-4-5-13(24-12)14(8)15(23)21(7-22)9-2-3-11(17)10(6-9)16(18,19)20/h2-8,12-14H,1H3/t8-,12?,13?,14-/m1/s1. The van der Waals surface area contributed by atoms with Crippen molar-refractivity contribution in [2.45, 2.75) is 25.3 Å². The quantitative estimate of drug-likeness (QED) is 0.482. The van der Waals surface area contributed by atoms with Gasteiger partial charge < -0.3 is 4.74 Å². The third-order valence-electron chi connectivity index (χ3n) is 4.40. The Balaban J connectivity index is 1.94. The highest BCUT2D eigenvalue weighted by Crippen LogP contribution is 2.40. The van der Waals surface area contributed by atoms with Crippen molar-refractivity contribution in [1.29, 1.82) is 0 Å². The van der Waals surface area contributed by atoms with Crippen LogP contribution in [-0.2, 0) is 20.5 Å². The predicted octanol–water partition coefficient (Wildman–Crippen LogP) is 2.92. The minimum absolute atomic E-state index is 0.137. The fourth-order valence-corrected chi connectivity index (χ4v) is 3.14. The maximum Gasteiger partial charge on any atom is 0.419 e. The first kappa shape index (κ1) is 16.6. The summed E-state index contributed by atoms with van der Waals surface area (Å²) in [6.07, 6.45) is -2.05. The van der Waals surface area contributed by atoms with Crippen molar-refractivity contribution in [1.82, 2.24) is 0 Å². The summed E-state index contributed by atoms with van der Waals surface area (Å²) in [4.78, 5) is 24.5. The molecular formula is C16H13F4NO3. The molecule has 2 aliphatic rings. The second-order valence-corrected chi connectivity index (χ2v) is 5.81. The highest BCUT2D eigenvalue weighted by atomic mass is 19.4. The Morgan fingerprint density at radius 3 is 2.46 bits per heavy atom. The van der Waals surface area contributed by atoms with Gasteiger partial charge in [0.05, 0.1) is 29.4 Å². The molecule has 0 aromatic heterocycles. The predicted molar refractivity (Wildman–Crippen MR) is 75.4 cm³/mol. The Bertz CT molecular complexity index is 716. The first-order chi connectivity index (χ1) is 11.2. The van der Waals surface area contributed by atoms with Crippen LogP contribution >= 0.6 is 0 Å². The van der Waals surface area contributed by atoms with Crippen LogP contribution in [0.3, 0.4) is 0 Å². The van der Waals surface area contributed by atoms with Crippen molar-refractivity contribution < 1.29 is 31.9 Å². The molecule has 0 aliphatic carbocycles. The maximum atomic E-state index is 13.4. The molecular weight excluding hydrogens is 330 g/mol. The molecule has 8 heteroatoms. The second-order valence-electron chi connectivity index (χ2n) is 5.81. The highest BCUT2D eigenvalue weighted by Gasteiger charge is 2.48. The van der Waals surface area contributed by atoms with E-state index in [2.05, 4.69) is 0 Å². The van der Waals surface area contributed by atoms with Crippen LogP contribution in [0.5, 0.6) is 0 Å². The zero-order valence-corrected chi connectivity index (χ0v) is 12.5. The summed E-state index contributed by atoms with van der Waals surface area (Å²) in [6, 6.07) is 2.00.